The summed E-state index contributed by atoms with van der Waals surface area (Å²) in [5, 5.41) is 26.5. The van der Waals surface area contributed by atoms with Gasteiger partial charge in [0, 0.05) is 12.8 Å². The van der Waals surface area contributed by atoms with Crippen molar-refractivity contribution in [2.45, 2.75) is 30.6 Å². The van der Waals surface area contributed by atoms with Crippen LogP contribution >= 0.6 is 0 Å². The van der Waals surface area contributed by atoms with Gasteiger partial charge in [0.15, 0.2) is 0 Å². The third kappa shape index (κ3) is 1.35. The molecule has 1 aliphatic carbocycles. The van der Waals surface area contributed by atoms with E-state index < -0.39 is 23.7 Å². The average molecular weight is 161 g/mol. The molecule has 64 valence electrons. The number of aliphatic hydroxyl groups excluding tert-OH is 2. The molecule has 0 aromatic rings. The lowest BCUT2D eigenvalue weighted by Crippen LogP contribution is -2.46. The Labute approximate surface area is 63.4 Å². The third-order valence-electron chi connectivity index (χ3n) is 2.02. The number of hydrogen-bond donors (Lipinski definition) is 4. The summed E-state index contributed by atoms with van der Waals surface area (Å²) in [6.45, 7) is 0. The molecule has 0 saturated heterocycles. The summed E-state index contributed by atoms with van der Waals surface area (Å²) < 4.78 is 0. The largest absolute Gasteiger partial charge is 0.480 e. The van der Waals surface area contributed by atoms with E-state index in [0.717, 1.165) is 0 Å². The topological polar surface area (TPSA) is 104 Å². The van der Waals surface area contributed by atoms with E-state index >= 15 is 0 Å². The fourth-order valence-electron chi connectivity index (χ4n) is 1.28. The molecule has 1 saturated carbocycles. The smallest absolute Gasteiger partial charge is 0.323 e. The van der Waals surface area contributed by atoms with Crippen molar-refractivity contribution in [1.29, 1.82) is 0 Å². The highest BCUT2D eigenvalue weighted by Gasteiger charge is 2.46. The highest BCUT2D eigenvalue weighted by Crippen LogP contribution is 2.28. The maximum Gasteiger partial charge on any atom is 0.323 e. The lowest BCUT2D eigenvalue weighted by atomic mass is 10.00. The fraction of sp³-hybridized carbons (Fsp3) is 0.833. The zero-order valence-electron chi connectivity index (χ0n) is 5.90. The van der Waals surface area contributed by atoms with Crippen LogP contribution in [0.4, 0.5) is 0 Å². The van der Waals surface area contributed by atoms with E-state index in [0.29, 0.717) is 0 Å². The summed E-state index contributed by atoms with van der Waals surface area (Å²) in [4.78, 5) is 10.5. The molecule has 3 atom stereocenters. The maximum absolute atomic E-state index is 10.5. The van der Waals surface area contributed by atoms with Gasteiger partial charge in [-0.3, -0.25) is 4.79 Å². The van der Waals surface area contributed by atoms with Crippen molar-refractivity contribution in [3.63, 3.8) is 0 Å². The minimum absolute atomic E-state index is 0.0799. The van der Waals surface area contributed by atoms with Crippen LogP contribution in [-0.2, 0) is 4.79 Å². The van der Waals surface area contributed by atoms with Gasteiger partial charge in [-0.05, 0) is 0 Å². The second-order valence-corrected chi connectivity index (χ2v) is 3.00. The Morgan fingerprint density at radius 3 is 1.91 bits per heavy atom. The number of aliphatic carboxylic acids is 1. The molecule has 0 aliphatic heterocycles. The van der Waals surface area contributed by atoms with Crippen LogP contribution in [-0.4, -0.2) is 39.0 Å². The van der Waals surface area contributed by atoms with Crippen molar-refractivity contribution in [3.8, 4) is 0 Å². The molecule has 0 bridgehead atoms. The maximum atomic E-state index is 10.5. The molecular weight excluding hydrogens is 150 g/mol. The molecule has 0 spiro atoms. The Bertz CT molecular complexity index is 171. The summed E-state index contributed by atoms with van der Waals surface area (Å²) >= 11 is 0. The Hall–Kier alpha value is -0.650. The van der Waals surface area contributed by atoms with Gasteiger partial charge < -0.3 is 21.1 Å². The van der Waals surface area contributed by atoms with E-state index in [2.05, 4.69) is 0 Å². The Morgan fingerprint density at radius 1 is 1.36 bits per heavy atom. The highest BCUT2D eigenvalue weighted by atomic mass is 16.4. The number of nitrogens with two attached hydrogens (primary N) is 1. The minimum Gasteiger partial charge on any atom is -0.480 e. The van der Waals surface area contributed by atoms with E-state index in [1.807, 2.05) is 0 Å². The number of hydrogen-bond acceptors (Lipinski definition) is 4. The average Bonchev–Trinajstić information content (AvgIpc) is 2.09. The SMILES string of the molecule is NC1(C(=O)O)C[C@@H](O)[C@@H](O)C1. The standard InChI is InChI=1S/C6H11NO4/c7-6(5(10)11)1-3(8)4(9)2-6/h3-4,8-9H,1-2,7H2,(H,10,11)/t3-,4+,6?. The van der Waals surface area contributed by atoms with Crippen LogP contribution in [0.5, 0.6) is 0 Å². The summed E-state index contributed by atoms with van der Waals surface area (Å²) in [6, 6.07) is 0. The Morgan fingerprint density at radius 2 is 1.73 bits per heavy atom. The normalized spacial score (nSPS) is 44.3. The van der Waals surface area contributed by atoms with Crippen LogP contribution in [0.2, 0.25) is 0 Å². The molecule has 5 nitrogen and oxygen atoms in total. The van der Waals surface area contributed by atoms with Crippen LogP contribution < -0.4 is 5.73 Å². The van der Waals surface area contributed by atoms with Crippen LogP contribution in [0.1, 0.15) is 12.8 Å². The van der Waals surface area contributed by atoms with Crippen molar-refractivity contribution in [3.05, 3.63) is 0 Å². The van der Waals surface area contributed by atoms with Crippen molar-refractivity contribution >= 4 is 5.97 Å². The number of rotatable bonds is 1. The van der Waals surface area contributed by atoms with Crippen LogP contribution in [0.3, 0.4) is 0 Å². The Balaban J connectivity index is 2.71. The van der Waals surface area contributed by atoms with E-state index in [4.69, 9.17) is 21.1 Å². The Kier molecular flexibility index (Phi) is 1.87. The van der Waals surface area contributed by atoms with Crippen molar-refractivity contribution in [2.75, 3.05) is 0 Å². The predicted octanol–water partition coefficient (Wildman–Crippen LogP) is -1.72. The van der Waals surface area contributed by atoms with Gasteiger partial charge in [0.1, 0.15) is 5.54 Å². The van der Waals surface area contributed by atoms with Gasteiger partial charge >= 0.3 is 5.97 Å². The van der Waals surface area contributed by atoms with Gasteiger partial charge in [0.25, 0.3) is 0 Å². The molecule has 5 N–H and O–H groups in total. The van der Waals surface area contributed by atoms with Crippen LogP contribution in [0.25, 0.3) is 0 Å². The van der Waals surface area contributed by atoms with E-state index in [1.54, 1.807) is 0 Å². The monoisotopic (exact) mass is 161 g/mol. The highest BCUT2D eigenvalue weighted by molar-refractivity contribution is 5.79. The number of aliphatic hydroxyl groups is 2. The zero-order chi connectivity index (χ0) is 8.65. The molecule has 11 heavy (non-hydrogen) atoms. The molecule has 0 radical (unpaired) electrons. The summed E-state index contributed by atoms with van der Waals surface area (Å²) in [5.41, 5.74) is 3.92. The lowest BCUT2D eigenvalue weighted by molar-refractivity contribution is -0.143. The fourth-order valence-corrected chi connectivity index (χ4v) is 1.28. The summed E-state index contributed by atoms with van der Waals surface area (Å²) in [5.74, 6) is -1.17. The first-order valence-corrected chi connectivity index (χ1v) is 3.34. The second-order valence-electron chi connectivity index (χ2n) is 3.00. The van der Waals surface area contributed by atoms with Crippen molar-refractivity contribution in [2.24, 2.45) is 5.73 Å². The van der Waals surface area contributed by atoms with E-state index in [9.17, 15) is 4.79 Å². The third-order valence-corrected chi connectivity index (χ3v) is 2.02. The molecule has 0 aromatic heterocycles. The first kappa shape index (κ1) is 8.45. The van der Waals surface area contributed by atoms with Gasteiger partial charge in [-0.2, -0.15) is 0 Å². The van der Waals surface area contributed by atoms with Crippen molar-refractivity contribution in [1.82, 2.24) is 0 Å². The molecule has 1 fully saturated rings. The molecule has 0 aromatic carbocycles. The number of carboxylic acid groups (broad SMARTS) is 1. The summed E-state index contributed by atoms with van der Waals surface area (Å²) in [6.07, 6.45) is -2.17. The van der Waals surface area contributed by atoms with Gasteiger partial charge in [-0.1, -0.05) is 0 Å². The van der Waals surface area contributed by atoms with Gasteiger partial charge in [-0.25, -0.2) is 0 Å². The number of carbonyl (C=O) groups is 1. The molecule has 1 unspecified atom stereocenters. The lowest BCUT2D eigenvalue weighted by Gasteiger charge is -2.16. The molecule has 1 rings (SSSR count). The minimum atomic E-state index is -1.45. The summed E-state index contributed by atoms with van der Waals surface area (Å²) in [7, 11) is 0. The van der Waals surface area contributed by atoms with Crippen molar-refractivity contribution < 1.29 is 20.1 Å². The second kappa shape index (κ2) is 2.44. The van der Waals surface area contributed by atoms with Crippen LogP contribution in [0, 0.1) is 0 Å². The first-order chi connectivity index (χ1) is 4.96. The van der Waals surface area contributed by atoms with Gasteiger partial charge in [-0.15, -0.1) is 0 Å². The van der Waals surface area contributed by atoms with Crippen LogP contribution in [0.15, 0.2) is 0 Å². The zero-order valence-corrected chi connectivity index (χ0v) is 5.90. The van der Waals surface area contributed by atoms with Gasteiger partial charge in [0.05, 0.1) is 12.2 Å². The predicted molar refractivity (Wildman–Crippen MR) is 35.8 cm³/mol. The van der Waals surface area contributed by atoms with E-state index in [1.165, 1.54) is 0 Å². The number of carboxylic acids is 1. The van der Waals surface area contributed by atoms with Gasteiger partial charge in [0.2, 0.25) is 0 Å². The molecule has 0 amide bonds. The molecular formula is C6H11NO4. The molecule has 0 heterocycles. The molecule has 5 heteroatoms. The molecule has 1 aliphatic rings. The van der Waals surface area contributed by atoms with E-state index in [-0.39, 0.29) is 12.8 Å². The quantitative estimate of drug-likeness (QED) is 0.366. The first-order valence-electron chi connectivity index (χ1n) is 3.34.